The second kappa shape index (κ2) is 97.9. The average Bonchev–Trinajstić information content (AvgIpc) is 0.953. The predicted molar refractivity (Wildman–Crippen MR) is 511 cm³/mol. The summed E-state index contributed by atoms with van der Waals surface area (Å²) in [6.45, 7) is 48.9. The Bertz CT molecular complexity index is 2930. The van der Waals surface area contributed by atoms with E-state index in [0.29, 0.717) is 147 Å². The quantitative estimate of drug-likeness (QED) is 0.0190. The number of hydrogen-bond donors (Lipinski definition) is 4. The number of esters is 8. The summed E-state index contributed by atoms with van der Waals surface area (Å²) in [6.07, 6.45) is 61.1. The largest absolute Gasteiger partial charge is 0.461 e. The van der Waals surface area contributed by atoms with E-state index in [-0.39, 0.29) is 87.4 Å². The van der Waals surface area contributed by atoms with Gasteiger partial charge in [0, 0.05) is 84.7 Å². The maximum absolute atomic E-state index is 12.1. The van der Waals surface area contributed by atoms with Crippen LogP contribution >= 0.6 is 0 Å². The Morgan fingerprint density at radius 1 is 0.238 bits per heavy atom. The van der Waals surface area contributed by atoms with Gasteiger partial charge in [-0.15, -0.1) is 26.3 Å². The van der Waals surface area contributed by atoms with Crippen LogP contribution in [-0.4, -0.2) is 270 Å². The monoisotopic (exact) mass is 1780 g/mol. The van der Waals surface area contributed by atoms with E-state index in [1.165, 1.54) is 0 Å². The van der Waals surface area contributed by atoms with Gasteiger partial charge in [-0.2, -0.15) is 0 Å². The minimum atomic E-state index is -0.226. The first-order valence-corrected chi connectivity index (χ1v) is 47.2. The standard InChI is InChI=1S/C29H52N2O5.C25H43NO5.C24H41NO5.C23H39NO5/c1-5-15-28(33)35-25-12-9-10-16-27(7-3)17-11-13-26-36-29(34)18-22-30(8-4)20-14-21-31(19-6-2)23-24-32;1-4-14-24(28)30-21-12-7-8-15-23(5-2)16-9-13-22-31-25(29)17-19-26(6-3)18-10-11-20-27;1-4-13-23(27)29-20-10-7-8-14-22(5-2)15-9-11-21-30-24(28)16-18-25(6-3)17-12-19-26;1-4-12-22(26)28-19-10-7-8-13-21(5-2)14-9-11-20-29-23(27)15-16-24(6-3)17-18-25/h7,9,11-13,27,32H,3,5-6,8,10,14-26H2,1-2,4H3;5,7,9,12-13,23,27H,2,4,6,8,10-11,14-22H2,1,3H3;5,7,9-11,22,26H,2,4,6,8,12-21H2,1,3H3;5,7,9-11,21,25H,2,4,6,8,12-20H2,1,3H3/b12-9+,13-11-;12-7+,13-9-;2*10-7+,11-9-. The van der Waals surface area contributed by atoms with Crippen LogP contribution in [0, 0.1) is 23.7 Å². The molecule has 4 unspecified atom stereocenters. The summed E-state index contributed by atoms with van der Waals surface area (Å²) in [5, 5.41) is 35.8. The van der Waals surface area contributed by atoms with Gasteiger partial charge in [-0.05, 0) is 211 Å². The van der Waals surface area contributed by atoms with E-state index in [4.69, 9.17) is 58.3 Å². The lowest BCUT2D eigenvalue weighted by molar-refractivity contribution is -0.143. The predicted octanol–water partition coefficient (Wildman–Crippen LogP) is 16.9. The summed E-state index contributed by atoms with van der Waals surface area (Å²) >= 11 is 0. The second-order valence-electron chi connectivity index (χ2n) is 30.4. The molecule has 0 aliphatic rings. The van der Waals surface area contributed by atoms with Crippen molar-refractivity contribution < 1.29 is 96.7 Å². The lowest BCUT2D eigenvalue weighted by Crippen LogP contribution is -2.33. The van der Waals surface area contributed by atoms with Crippen molar-refractivity contribution >= 4 is 47.8 Å². The number of ether oxygens (including phenoxy) is 8. The fourth-order valence-corrected chi connectivity index (χ4v) is 12.1. The molecule has 0 saturated carbocycles. The lowest BCUT2D eigenvalue weighted by Gasteiger charge is -2.24. The molecule has 0 aromatic heterocycles. The average molecular weight is 1780 g/mol. The molecule has 25 heteroatoms. The van der Waals surface area contributed by atoms with Crippen LogP contribution in [-0.2, 0) is 76.3 Å². The number of likely N-dealkylation sites (N-methyl/N-ethyl adjacent to an activating group) is 1. The Labute approximate surface area is 762 Å². The topological polar surface area (TPSA) is 308 Å². The Kier molecular flexibility index (Phi) is 96.8. The number of aliphatic hydroxyl groups excluding tert-OH is 4. The summed E-state index contributed by atoms with van der Waals surface area (Å²) in [7, 11) is 0. The number of unbranched alkanes of at least 4 members (excludes halogenated alkanes) is 1. The zero-order chi connectivity index (χ0) is 94.2. The third-order valence-corrected chi connectivity index (χ3v) is 19.9. The van der Waals surface area contributed by atoms with E-state index in [1.807, 2.05) is 168 Å². The molecule has 0 saturated heterocycles. The first kappa shape index (κ1) is 125. The normalized spacial score (nSPS) is 12.6. The molecule has 25 nitrogen and oxygen atoms in total. The molecule has 0 heterocycles. The minimum Gasteiger partial charge on any atom is -0.461 e. The van der Waals surface area contributed by atoms with Crippen molar-refractivity contribution in [3.8, 4) is 0 Å². The summed E-state index contributed by atoms with van der Waals surface area (Å²) in [6, 6.07) is 0. The van der Waals surface area contributed by atoms with Crippen LogP contribution in [0.15, 0.2) is 148 Å². The smallest absolute Gasteiger partial charge is 0.307 e. The highest BCUT2D eigenvalue weighted by Gasteiger charge is 2.14. The Morgan fingerprint density at radius 3 is 0.690 bits per heavy atom. The molecule has 4 N–H and O–H groups in total. The molecule has 4 atom stereocenters. The van der Waals surface area contributed by atoms with Gasteiger partial charge >= 0.3 is 47.8 Å². The fourth-order valence-electron chi connectivity index (χ4n) is 12.1. The second-order valence-corrected chi connectivity index (χ2v) is 30.4. The highest BCUT2D eigenvalue weighted by molar-refractivity contribution is 5.72. The van der Waals surface area contributed by atoms with Crippen molar-refractivity contribution in [2.24, 2.45) is 23.7 Å². The van der Waals surface area contributed by atoms with Crippen molar-refractivity contribution in [3.63, 3.8) is 0 Å². The summed E-state index contributed by atoms with van der Waals surface area (Å²) in [5.41, 5.74) is 0. The zero-order valence-corrected chi connectivity index (χ0v) is 79.8. The molecule has 126 heavy (non-hydrogen) atoms. The van der Waals surface area contributed by atoms with E-state index in [1.54, 1.807) is 0 Å². The molecule has 0 amide bonds. The van der Waals surface area contributed by atoms with Crippen LogP contribution in [0.1, 0.15) is 249 Å². The van der Waals surface area contributed by atoms with Gasteiger partial charge in [-0.3, -0.25) is 38.4 Å². The Balaban J connectivity index is -0.000000790. The number of carbonyl (C=O) groups excluding carboxylic acids is 8. The number of carbonyl (C=O) groups is 8. The van der Waals surface area contributed by atoms with Crippen molar-refractivity contribution in [2.45, 2.75) is 249 Å². The Morgan fingerprint density at radius 2 is 0.460 bits per heavy atom. The molecule has 0 rings (SSSR count). The van der Waals surface area contributed by atoms with Gasteiger partial charge in [0.25, 0.3) is 0 Å². The van der Waals surface area contributed by atoms with E-state index in [0.717, 1.165) is 200 Å². The van der Waals surface area contributed by atoms with Gasteiger partial charge < -0.3 is 82.8 Å². The van der Waals surface area contributed by atoms with Gasteiger partial charge in [-0.1, -0.05) is 184 Å². The number of allylic oxidation sites excluding steroid dienone is 12. The highest BCUT2D eigenvalue weighted by Crippen LogP contribution is 2.18. The third-order valence-electron chi connectivity index (χ3n) is 19.9. The molecule has 0 fully saturated rings. The van der Waals surface area contributed by atoms with E-state index in [2.05, 4.69) is 66.7 Å². The third kappa shape index (κ3) is 88.3. The van der Waals surface area contributed by atoms with Crippen LogP contribution in [0.25, 0.3) is 0 Å². The summed E-state index contributed by atoms with van der Waals surface area (Å²) < 4.78 is 41.4. The first-order chi connectivity index (χ1) is 61.2. The fraction of sp³-hybridized carbons (Fsp3) is 0.683. The summed E-state index contributed by atoms with van der Waals surface area (Å²) in [4.78, 5) is 103. The number of hydrogen-bond acceptors (Lipinski definition) is 25. The molecule has 0 radical (unpaired) electrons. The van der Waals surface area contributed by atoms with Crippen molar-refractivity contribution in [2.75, 3.05) is 177 Å². The van der Waals surface area contributed by atoms with Crippen LogP contribution in [0.5, 0.6) is 0 Å². The molecule has 0 spiro atoms. The maximum Gasteiger partial charge on any atom is 0.307 e. The molecule has 0 aliphatic carbocycles. The van der Waals surface area contributed by atoms with Gasteiger partial charge in [-0.25, -0.2) is 0 Å². The van der Waals surface area contributed by atoms with Crippen molar-refractivity contribution in [1.29, 1.82) is 0 Å². The van der Waals surface area contributed by atoms with Gasteiger partial charge in [0.2, 0.25) is 0 Å². The van der Waals surface area contributed by atoms with Gasteiger partial charge in [0.1, 0.15) is 52.9 Å². The minimum absolute atomic E-state index is 0.0955. The lowest BCUT2D eigenvalue weighted by atomic mass is 9.99. The van der Waals surface area contributed by atoms with Crippen molar-refractivity contribution in [3.05, 3.63) is 148 Å². The maximum atomic E-state index is 12.1. The Hall–Kier alpha value is -7.72. The van der Waals surface area contributed by atoms with Gasteiger partial charge in [0.15, 0.2) is 0 Å². The van der Waals surface area contributed by atoms with Crippen LogP contribution in [0.4, 0.5) is 0 Å². The first-order valence-electron chi connectivity index (χ1n) is 47.2. The number of rotatable bonds is 81. The van der Waals surface area contributed by atoms with Crippen molar-refractivity contribution in [1.82, 2.24) is 24.5 Å². The van der Waals surface area contributed by atoms with Crippen LogP contribution in [0.3, 0.4) is 0 Å². The molecule has 0 bridgehead atoms. The molecule has 0 aromatic rings. The molecular weight excluding hydrogens is 1600 g/mol. The van der Waals surface area contributed by atoms with E-state index in [9.17, 15) is 38.4 Å². The highest BCUT2D eigenvalue weighted by atomic mass is 16.6. The molecule has 724 valence electrons. The summed E-state index contributed by atoms with van der Waals surface area (Å²) in [5.74, 6) is 0.0335. The zero-order valence-electron chi connectivity index (χ0n) is 79.8. The molecule has 0 aromatic carbocycles. The molecular formula is C101H175N5O20. The van der Waals surface area contributed by atoms with E-state index < -0.39 is 0 Å². The van der Waals surface area contributed by atoms with E-state index >= 15 is 0 Å². The van der Waals surface area contributed by atoms with Crippen LogP contribution < -0.4 is 0 Å². The molecule has 0 aliphatic heterocycles. The number of aliphatic hydroxyl groups is 4. The SMILES string of the molecule is C=CC(C/C=C\COC(=O)CCN(CC)CCCCO)CC/C=C/COC(=O)CCC.C=CC(C/C=C\COC(=O)CCN(CC)CCCN(CCC)CCO)CC/C=C/COC(=O)CCC.C=CC(C/C=C\COC(=O)CCN(CC)CCCO)CC/C=C/COC(=O)CCC.C=CC(C/C=C\COC(=O)CCN(CC)CCO)CC/C=C/COC(=O)CCC. The van der Waals surface area contributed by atoms with Crippen LogP contribution in [0.2, 0.25) is 0 Å². The van der Waals surface area contributed by atoms with Gasteiger partial charge in [0.05, 0.1) is 38.9 Å². The number of nitrogens with zero attached hydrogens (tertiary/aromatic N) is 5.